The first kappa shape index (κ1) is 66.5. The van der Waals surface area contributed by atoms with Crippen molar-refractivity contribution in [3.8, 4) is 0 Å². The van der Waals surface area contributed by atoms with Crippen molar-refractivity contribution >= 4 is 109 Å². The molecule has 32 heteroatoms. The number of aliphatic hydroxyl groups is 1. The molecule has 12 heterocycles. The number of rotatable bonds is 6. The number of ether oxygens (including phenoxy) is 2. The number of fused-ring (bicyclic) bond motifs is 4. The summed E-state index contributed by atoms with van der Waals surface area (Å²) >= 11 is 12.1. The van der Waals surface area contributed by atoms with E-state index in [1.54, 1.807) is 28.5 Å². The van der Waals surface area contributed by atoms with Crippen LogP contribution in [0.4, 0.5) is 32.9 Å². The van der Waals surface area contributed by atoms with Gasteiger partial charge in [0.15, 0.2) is 45.9 Å². The van der Waals surface area contributed by atoms with E-state index in [0.717, 1.165) is 75.8 Å². The first-order valence-electron chi connectivity index (χ1n) is 30.2. The van der Waals surface area contributed by atoms with E-state index in [2.05, 4.69) is 74.7 Å². The van der Waals surface area contributed by atoms with Crippen molar-refractivity contribution < 1.29 is 29.0 Å². The molecule has 0 aliphatic carbocycles. The Bertz CT molecular complexity index is 3890. The Balaban J connectivity index is 0.000000140. The number of halogens is 2. The van der Waals surface area contributed by atoms with Crippen LogP contribution in [0.5, 0.6) is 0 Å². The minimum Gasteiger partial charge on any atom is -0.444 e. The van der Waals surface area contributed by atoms with E-state index in [1.807, 2.05) is 74.0 Å². The van der Waals surface area contributed by atoms with Crippen LogP contribution in [0.1, 0.15) is 123 Å². The second-order valence-electron chi connectivity index (χ2n) is 24.5. The molecular weight excluding hydrogens is 1210 g/mol. The van der Waals surface area contributed by atoms with Crippen molar-refractivity contribution in [1.82, 2.24) is 98.5 Å². The molecule has 4 atom stereocenters. The van der Waals surface area contributed by atoms with Gasteiger partial charge in [0.2, 0.25) is 5.91 Å². The average Bonchev–Trinajstić information content (AvgIpc) is 1.75. The van der Waals surface area contributed by atoms with Crippen molar-refractivity contribution in [3.05, 3.63) is 84.4 Å². The molecule has 4 fully saturated rings. The monoisotopic (exact) mass is 1290 g/mol. The number of nitrogens with two attached hydrogens (primary N) is 4. The van der Waals surface area contributed by atoms with Crippen molar-refractivity contribution in [2.24, 2.45) is 0 Å². The number of anilines is 4. The number of β-amino-alcohol motifs (C(OH)–C–C–N with tert-alkyl or cyclic N) is 1. The Morgan fingerprint density at radius 2 is 1.01 bits per heavy atom. The van der Waals surface area contributed by atoms with Crippen LogP contribution in [0.25, 0.3) is 44.7 Å². The standard InChI is InChI=1S/C19H20Cl2N6O.C15H22N6O2.C10H14N6.C10H19NO3.C5H5N5/c20-13-6-12(7-14(21)8-13)3-4-16(28)26-5-1-2-15(9-26)27-11-25-17-18(22)23-10-24-19(17)27;1-15(2,3)23-14(22)20-6-4-5-10(7-20)21-9-19-11-12(16)17-8-18-13(11)21;11-9-8-10(14-5-13-9)16(6-15-8)7-2-1-3-12-4-7;1-10(2,3)14-9(13)11-6-4-5-8(12)7-11;6-4-3-5(9-1-7-3)10-2-8-4/h6-8,10-11,15H,1-5,9H2,(H2,22,23,24);8-10H,4-7H2,1-3H3,(H2,16,17,18);5-7,12H,1-4H2,(H2,11,13,14);8,12H,4-7H2,1-3H3;1-2H,(H3,6,7,8,9,10). The van der Waals surface area contributed by atoms with Crippen molar-refractivity contribution in [1.29, 1.82) is 0 Å². The number of aromatic nitrogens is 16. The summed E-state index contributed by atoms with van der Waals surface area (Å²) in [5.74, 6) is 1.75. The lowest BCUT2D eigenvalue weighted by atomic mass is 10.0. The molecule has 486 valence electrons. The van der Waals surface area contributed by atoms with Gasteiger partial charge in [-0.2, -0.15) is 0 Å². The summed E-state index contributed by atoms with van der Waals surface area (Å²) in [5, 5.41) is 13.9. The summed E-state index contributed by atoms with van der Waals surface area (Å²) in [6, 6.07) is 6.04. The normalized spacial score (nSPS) is 18.6. The van der Waals surface area contributed by atoms with Gasteiger partial charge in [-0.1, -0.05) is 23.2 Å². The number of aromatic amines is 1. The molecule has 30 nitrogen and oxygen atoms in total. The maximum Gasteiger partial charge on any atom is 0.410 e. The third-order valence-electron chi connectivity index (χ3n) is 15.3. The highest BCUT2D eigenvalue weighted by Gasteiger charge is 2.31. The summed E-state index contributed by atoms with van der Waals surface area (Å²) in [5.41, 5.74) is 28.4. The number of nitrogen functional groups attached to an aromatic ring is 4. The largest absolute Gasteiger partial charge is 0.444 e. The highest BCUT2D eigenvalue weighted by atomic mass is 35.5. The average molecular weight is 1290 g/mol. The predicted octanol–water partition coefficient (Wildman–Crippen LogP) is 7.14. The Hall–Kier alpha value is -8.87. The number of carbonyl (C=O) groups is 3. The molecule has 9 aromatic rings. The molecule has 3 amide bonds. The third kappa shape index (κ3) is 17.8. The number of H-pyrrole nitrogens is 1. The van der Waals surface area contributed by atoms with E-state index >= 15 is 0 Å². The smallest absolute Gasteiger partial charge is 0.410 e. The van der Waals surface area contributed by atoms with E-state index in [4.69, 9.17) is 55.6 Å². The maximum absolute atomic E-state index is 12.8. The van der Waals surface area contributed by atoms with E-state index < -0.39 is 17.3 Å². The molecule has 1 aromatic carbocycles. The molecule has 0 bridgehead atoms. The molecule has 11 N–H and O–H groups in total. The molecule has 8 aromatic heterocycles. The van der Waals surface area contributed by atoms with Crippen LogP contribution in [0.2, 0.25) is 10.0 Å². The minimum absolute atomic E-state index is 0.107. The summed E-state index contributed by atoms with van der Waals surface area (Å²) < 4.78 is 16.7. The summed E-state index contributed by atoms with van der Waals surface area (Å²) in [6.07, 6.45) is 20.3. The number of imidazole rings is 4. The summed E-state index contributed by atoms with van der Waals surface area (Å²) in [7, 11) is 0. The van der Waals surface area contributed by atoms with Crippen LogP contribution < -0.4 is 28.3 Å². The molecule has 0 spiro atoms. The zero-order valence-corrected chi connectivity index (χ0v) is 53.5. The van der Waals surface area contributed by atoms with Gasteiger partial charge in [0.1, 0.15) is 58.6 Å². The van der Waals surface area contributed by atoms with Gasteiger partial charge in [-0.15, -0.1) is 0 Å². The number of likely N-dealkylation sites (tertiary alicyclic amines) is 3. The molecule has 91 heavy (non-hydrogen) atoms. The Morgan fingerprint density at radius 1 is 0.560 bits per heavy atom. The fraction of sp³-hybridized carbons (Fsp3) is 0.508. The van der Waals surface area contributed by atoms with Gasteiger partial charge in [-0.25, -0.2) is 69.4 Å². The van der Waals surface area contributed by atoms with Gasteiger partial charge < -0.3 is 76.2 Å². The van der Waals surface area contributed by atoms with E-state index in [1.165, 1.54) is 38.1 Å². The van der Waals surface area contributed by atoms with Crippen LogP contribution in [0.3, 0.4) is 0 Å². The van der Waals surface area contributed by atoms with E-state index in [0.29, 0.717) is 124 Å². The number of aryl methyl sites for hydroxylation is 1. The molecule has 0 saturated carbocycles. The number of carbonyl (C=O) groups excluding carboxylic acids is 3. The van der Waals surface area contributed by atoms with Gasteiger partial charge >= 0.3 is 12.2 Å². The van der Waals surface area contributed by atoms with Crippen LogP contribution in [0, 0.1) is 0 Å². The molecule has 4 saturated heterocycles. The SMILES string of the molecule is CC(C)(C)OC(=O)N1CCCC(O)C1.CC(C)(C)OC(=O)N1CCCC(n2cnc3c(N)ncnc32)C1.Nc1ncnc2c1ncn2C1CCCN(C(=O)CCc2cc(Cl)cc(Cl)c2)C1.Nc1ncnc2c1ncn2C1CCCNC1.Nc1ncnc2nc[nH]c12. The lowest BCUT2D eigenvalue weighted by molar-refractivity contribution is -0.132. The predicted molar refractivity (Wildman–Crippen MR) is 345 cm³/mol. The molecule has 4 unspecified atom stereocenters. The summed E-state index contributed by atoms with van der Waals surface area (Å²) in [4.78, 5) is 93.8. The zero-order valence-electron chi connectivity index (χ0n) is 52.0. The number of amides is 3. The second kappa shape index (κ2) is 29.8. The van der Waals surface area contributed by atoms with Crippen LogP contribution in [-0.4, -0.2) is 186 Å². The van der Waals surface area contributed by atoms with Crippen molar-refractivity contribution in [2.75, 3.05) is 75.3 Å². The molecule has 4 aliphatic rings. The van der Waals surface area contributed by atoms with Gasteiger partial charge in [0.25, 0.3) is 0 Å². The van der Waals surface area contributed by atoms with Gasteiger partial charge in [-0.3, -0.25) is 4.79 Å². The zero-order chi connectivity index (χ0) is 65.0. The fourth-order valence-electron chi connectivity index (χ4n) is 11.0. The topological polar surface area (TPSA) is 401 Å². The van der Waals surface area contributed by atoms with E-state index in [9.17, 15) is 19.5 Å². The summed E-state index contributed by atoms with van der Waals surface area (Å²) in [6.45, 7) is 16.9. The van der Waals surface area contributed by atoms with Gasteiger partial charge in [0, 0.05) is 68.3 Å². The van der Waals surface area contributed by atoms with E-state index in [-0.39, 0.29) is 30.2 Å². The number of piperidine rings is 4. The molecule has 4 aliphatic heterocycles. The van der Waals surface area contributed by atoms with Crippen molar-refractivity contribution in [3.63, 3.8) is 0 Å². The van der Waals surface area contributed by atoms with Crippen LogP contribution in [-0.2, 0) is 20.7 Å². The molecular formula is C59H80Cl2N24O6. The lowest BCUT2D eigenvalue weighted by Gasteiger charge is -2.34. The van der Waals surface area contributed by atoms with Crippen LogP contribution in [0.15, 0.2) is 68.8 Å². The first-order chi connectivity index (χ1) is 43.5. The number of nitrogens with one attached hydrogen (secondary N) is 2. The minimum atomic E-state index is -0.493. The Kier molecular flexibility index (Phi) is 21.8. The highest BCUT2D eigenvalue weighted by molar-refractivity contribution is 6.34. The number of aliphatic hydroxyl groups excluding tert-OH is 1. The van der Waals surface area contributed by atoms with Crippen molar-refractivity contribution in [2.45, 2.75) is 141 Å². The Morgan fingerprint density at radius 3 is 1.49 bits per heavy atom. The number of nitrogens with zero attached hydrogens (tertiary/aromatic N) is 18. The highest BCUT2D eigenvalue weighted by Crippen LogP contribution is 2.30. The van der Waals surface area contributed by atoms with Gasteiger partial charge in [-0.05, 0) is 130 Å². The quantitative estimate of drug-likeness (QED) is 0.0869. The molecule has 13 rings (SSSR count). The molecule has 0 radical (unpaired) electrons. The number of hydrogen-bond acceptors (Lipinski definition) is 23. The van der Waals surface area contributed by atoms with Gasteiger partial charge in [0.05, 0.1) is 43.5 Å². The Labute approximate surface area is 535 Å². The lowest BCUT2D eigenvalue weighted by Crippen LogP contribution is -2.44. The maximum atomic E-state index is 12.8. The first-order valence-corrected chi connectivity index (χ1v) is 31.0. The number of benzene rings is 1. The fourth-order valence-corrected chi connectivity index (χ4v) is 11.5. The third-order valence-corrected chi connectivity index (χ3v) is 15.7. The number of hydrogen-bond donors (Lipinski definition) is 7. The second-order valence-corrected chi connectivity index (χ2v) is 25.3. The van der Waals surface area contributed by atoms with Crippen LogP contribution >= 0.6 is 23.2 Å².